The number of nitrogens with two attached hydrogens (primary N) is 1. The first-order chi connectivity index (χ1) is 5.27. The van der Waals surface area contributed by atoms with Crippen LogP contribution >= 0.6 is 11.8 Å². The molecule has 11 heavy (non-hydrogen) atoms. The van der Waals surface area contributed by atoms with Gasteiger partial charge in [0.15, 0.2) is 0 Å². The van der Waals surface area contributed by atoms with Gasteiger partial charge in [-0.2, -0.15) is 11.8 Å². The highest BCUT2D eigenvalue weighted by molar-refractivity contribution is 8.06. The zero-order chi connectivity index (χ0) is 7.84. The molecule has 3 heteroatoms. The molecule has 0 radical (unpaired) electrons. The van der Waals surface area contributed by atoms with Gasteiger partial charge in [0.05, 0.1) is 5.69 Å². The molecule has 1 saturated heterocycles. The summed E-state index contributed by atoms with van der Waals surface area (Å²) in [5, 5.41) is 9.84. The van der Waals surface area contributed by atoms with Crippen molar-refractivity contribution in [3.63, 3.8) is 0 Å². The van der Waals surface area contributed by atoms with E-state index in [0.717, 1.165) is 0 Å². The van der Waals surface area contributed by atoms with Crippen LogP contribution in [0.2, 0.25) is 0 Å². The summed E-state index contributed by atoms with van der Waals surface area (Å²) >= 11 is 1.88. The van der Waals surface area contributed by atoms with E-state index in [1.54, 1.807) is 12.1 Å². The summed E-state index contributed by atoms with van der Waals surface area (Å²) in [6.07, 6.45) is 0. The molecule has 0 aromatic heterocycles. The van der Waals surface area contributed by atoms with Crippen molar-refractivity contribution in [2.75, 3.05) is 11.5 Å². The molecule has 2 rings (SSSR count). The smallest absolute Gasteiger partial charge is 0.138 e. The molecule has 0 amide bonds. The van der Waals surface area contributed by atoms with Crippen molar-refractivity contribution < 1.29 is 5.11 Å². The van der Waals surface area contributed by atoms with Crippen LogP contribution in [0, 0.1) is 0 Å². The lowest BCUT2D eigenvalue weighted by molar-refractivity contribution is 0.477. The average Bonchev–Trinajstić information content (AvgIpc) is 2.77. The van der Waals surface area contributed by atoms with Crippen molar-refractivity contribution in [3.05, 3.63) is 23.8 Å². The molecule has 1 unspecified atom stereocenters. The van der Waals surface area contributed by atoms with Gasteiger partial charge in [-0.25, -0.2) is 0 Å². The predicted molar refractivity (Wildman–Crippen MR) is 47.7 cm³/mol. The fourth-order valence-corrected chi connectivity index (χ4v) is 1.63. The third-order valence-electron chi connectivity index (χ3n) is 1.76. The number of phenolic OH excluding ortho intramolecular Hbond substituents is 1. The number of aromatic hydroxyl groups is 1. The van der Waals surface area contributed by atoms with Gasteiger partial charge in [0.25, 0.3) is 0 Å². The summed E-state index contributed by atoms with van der Waals surface area (Å²) in [4.78, 5) is 0. The first-order valence-corrected chi connectivity index (χ1v) is 4.52. The van der Waals surface area contributed by atoms with Crippen LogP contribution in [0.1, 0.15) is 10.8 Å². The molecule has 0 aliphatic carbocycles. The van der Waals surface area contributed by atoms with E-state index in [1.807, 2.05) is 17.8 Å². The molecule has 0 spiro atoms. The fraction of sp³-hybridized carbons (Fsp3) is 0.250. The van der Waals surface area contributed by atoms with Gasteiger partial charge in [-0.3, -0.25) is 0 Å². The minimum atomic E-state index is 0.204. The average molecular weight is 167 g/mol. The Labute approximate surface area is 69.4 Å². The van der Waals surface area contributed by atoms with Crippen LogP contribution in [0.15, 0.2) is 18.2 Å². The Morgan fingerprint density at radius 2 is 2.27 bits per heavy atom. The molecule has 1 atom stereocenters. The number of hydrogen-bond donors (Lipinski definition) is 2. The summed E-state index contributed by atoms with van der Waals surface area (Å²) in [6, 6.07) is 5.48. The van der Waals surface area contributed by atoms with E-state index < -0.39 is 0 Å². The molecular weight excluding hydrogens is 158 g/mol. The van der Waals surface area contributed by atoms with E-state index in [9.17, 15) is 5.11 Å². The topological polar surface area (TPSA) is 46.2 Å². The Morgan fingerprint density at radius 3 is 2.82 bits per heavy atom. The normalized spacial score (nSPS) is 21.6. The van der Waals surface area contributed by atoms with Gasteiger partial charge in [-0.1, -0.05) is 6.07 Å². The third-order valence-corrected chi connectivity index (χ3v) is 2.70. The number of hydrogen-bond acceptors (Lipinski definition) is 3. The lowest BCUT2D eigenvalue weighted by Crippen LogP contribution is -1.86. The highest BCUT2D eigenvalue weighted by Crippen LogP contribution is 2.47. The van der Waals surface area contributed by atoms with Crippen LogP contribution in [-0.2, 0) is 0 Å². The number of anilines is 1. The van der Waals surface area contributed by atoms with Crippen LogP contribution < -0.4 is 5.73 Å². The molecule has 58 valence electrons. The van der Waals surface area contributed by atoms with E-state index in [-0.39, 0.29) is 5.75 Å². The van der Waals surface area contributed by atoms with Crippen molar-refractivity contribution >= 4 is 17.4 Å². The third kappa shape index (κ3) is 1.28. The second kappa shape index (κ2) is 2.34. The standard InChI is InChI=1S/C8H9NOS/c9-6-2-1-5(3-7(6)10)8-4-11-8/h1-3,8,10H,4,9H2. The van der Waals surface area contributed by atoms with Crippen LogP contribution in [0.4, 0.5) is 5.69 Å². The molecule has 1 aliphatic rings. The van der Waals surface area contributed by atoms with E-state index in [0.29, 0.717) is 10.9 Å². The molecule has 1 aromatic rings. The van der Waals surface area contributed by atoms with Gasteiger partial charge in [0.2, 0.25) is 0 Å². The Morgan fingerprint density at radius 1 is 1.55 bits per heavy atom. The maximum absolute atomic E-state index is 9.24. The quantitative estimate of drug-likeness (QED) is 0.380. The Hall–Kier alpha value is -0.830. The number of nitrogen functional groups attached to an aromatic ring is 1. The van der Waals surface area contributed by atoms with E-state index >= 15 is 0 Å². The second-order valence-electron chi connectivity index (χ2n) is 2.64. The Kier molecular flexibility index (Phi) is 1.46. The fourth-order valence-electron chi connectivity index (χ4n) is 1.00. The molecular formula is C8H9NOS. The van der Waals surface area contributed by atoms with Crippen molar-refractivity contribution in [2.45, 2.75) is 5.25 Å². The van der Waals surface area contributed by atoms with Crippen molar-refractivity contribution in [1.82, 2.24) is 0 Å². The van der Waals surface area contributed by atoms with Crippen LogP contribution in [0.3, 0.4) is 0 Å². The van der Waals surface area contributed by atoms with Gasteiger partial charge in [0.1, 0.15) is 5.75 Å². The lowest BCUT2D eigenvalue weighted by Gasteiger charge is -2.00. The Bertz CT molecular complexity index is 283. The number of phenols is 1. The van der Waals surface area contributed by atoms with E-state index in [4.69, 9.17) is 5.73 Å². The first kappa shape index (κ1) is 6.85. The number of benzene rings is 1. The maximum atomic E-state index is 9.24. The van der Waals surface area contributed by atoms with Gasteiger partial charge in [0, 0.05) is 11.0 Å². The van der Waals surface area contributed by atoms with Crippen LogP contribution in [0.5, 0.6) is 5.75 Å². The Balaban J connectivity index is 2.36. The van der Waals surface area contributed by atoms with E-state index in [2.05, 4.69) is 0 Å². The van der Waals surface area contributed by atoms with Crippen molar-refractivity contribution in [2.24, 2.45) is 0 Å². The first-order valence-electron chi connectivity index (χ1n) is 3.47. The van der Waals surface area contributed by atoms with Crippen molar-refractivity contribution in [3.8, 4) is 5.75 Å². The largest absolute Gasteiger partial charge is 0.506 e. The number of thioether (sulfide) groups is 1. The molecule has 3 N–H and O–H groups in total. The predicted octanol–water partition coefficient (Wildman–Crippen LogP) is 1.76. The van der Waals surface area contributed by atoms with Gasteiger partial charge < -0.3 is 10.8 Å². The summed E-state index contributed by atoms with van der Waals surface area (Å²) in [7, 11) is 0. The monoisotopic (exact) mass is 167 g/mol. The zero-order valence-corrected chi connectivity index (χ0v) is 6.77. The second-order valence-corrected chi connectivity index (χ2v) is 3.88. The summed E-state index contributed by atoms with van der Waals surface area (Å²) in [5.41, 5.74) is 7.09. The molecule has 0 saturated carbocycles. The lowest BCUT2D eigenvalue weighted by atomic mass is 10.1. The summed E-state index contributed by atoms with van der Waals surface area (Å²) in [5.74, 6) is 1.37. The number of rotatable bonds is 1. The van der Waals surface area contributed by atoms with E-state index in [1.165, 1.54) is 11.3 Å². The molecule has 1 fully saturated rings. The highest BCUT2D eigenvalue weighted by Gasteiger charge is 2.24. The van der Waals surface area contributed by atoms with Gasteiger partial charge in [-0.05, 0) is 17.7 Å². The summed E-state index contributed by atoms with van der Waals surface area (Å²) < 4.78 is 0. The molecule has 1 aromatic carbocycles. The minimum absolute atomic E-state index is 0.204. The molecule has 2 nitrogen and oxygen atoms in total. The SMILES string of the molecule is Nc1ccc(C2CS2)cc1O. The highest BCUT2D eigenvalue weighted by atomic mass is 32.2. The molecule has 0 bridgehead atoms. The van der Waals surface area contributed by atoms with Gasteiger partial charge in [-0.15, -0.1) is 0 Å². The summed E-state index contributed by atoms with van der Waals surface area (Å²) in [6.45, 7) is 0. The van der Waals surface area contributed by atoms with Crippen LogP contribution in [-0.4, -0.2) is 10.9 Å². The van der Waals surface area contributed by atoms with Crippen LogP contribution in [0.25, 0.3) is 0 Å². The maximum Gasteiger partial charge on any atom is 0.138 e. The van der Waals surface area contributed by atoms with Crippen molar-refractivity contribution in [1.29, 1.82) is 0 Å². The van der Waals surface area contributed by atoms with Gasteiger partial charge >= 0.3 is 0 Å². The zero-order valence-electron chi connectivity index (χ0n) is 5.95. The molecule has 1 aliphatic heterocycles. The minimum Gasteiger partial charge on any atom is -0.506 e. The molecule has 1 heterocycles.